The van der Waals surface area contributed by atoms with Crippen molar-refractivity contribution in [2.45, 2.75) is 6.42 Å². The van der Waals surface area contributed by atoms with Crippen molar-refractivity contribution in [1.29, 1.82) is 0 Å². The second-order valence-corrected chi connectivity index (χ2v) is 5.21. The van der Waals surface area contributed by atoms with Crippen LogP contribution in [0, 0.1) is 0 Å². The predicted molar refractivity (Wildman–Crippen MR) is 88.6 cm³/mol. The zero-order valence-corrected chi connectivity index (χ0v) is 11.8. The van der Waals surface area contributed by atoms with Gasteiger partial charge in [0.15, 0.2) is 0 Å². The first-order valence-electron chi connectivity index (χ1n) is 7.12. The van der Waals surface area contributed by atoms with Gasteiger partial charge in [-0.1, -0.05) is 30.3 Å². The van der Waals surface area contributed by atoms with E-state index in [0.717, 1.165) is 17.8 Å². The molecule has 22 heavy (non-hydrogen) atoms. The third kappa shape index (κ3) is 2.24. The molecular weight excluding hydrogens is 274 g/mol. The van der Waals surface area contributed by atoms with E-state index in [4.69, 9.17) is 0 Å². The van der Waals surface area contributed by atoms with Crippen molar-refractivity contribution in [3.63, 3.8) is 0 Å². The van der Waals surface area contributed by atoms with Gasteiger partial charge in [-0.3, -0.25) is 9.79 Å². The number of hydrogen-bond acceptors (Lipinski definition) is 3. The number of benzene rings is 2. The fraction of sp³-hybridized carbons (Fsp3) is 0.0556. The average Bonchev–Trinajstić information content (AvgIpc) is 2.96. The highest BCUT2D eigenvalue weighted by atomic mass is 16.1. The molecule has 0 spiro atoms. The van der Waals surface area contributed by atoms with E-state index in [1.807, 2.05) is 42.5 Å². The molecule has 0 saturated carbocycles. The van der Waals surface area contributed by atoms with Gasteiger partial charge in [-0.2, -0.15) is 0 Å². The molecule has 2 aromatic carbocycles. The maximum atomic E-state index is 12.0. The molecule has 0 saturated heterocycles. The fourth-order valence-electron chi connectivity index (χ4n) is 2.61. The molecule has 1 N–H and O–H groups in total. The summed E-state index contributed by atoms with van der Waals surface area (Å²) in [5.74, 6) is 0.544. The second kappa shape index (κ2) is 5.07. The van der Waals surface area contributed by atoms with E-state index < -0.39 is 0 Å². The van der Waals surface area contributed by atoms with Crippen molar-refractivity contribution < 1.29 is 0 Å². The maximum Gasteiger partial charge on any atom is 0.259 e. The summed E-state index contributed by atoms with van der Waals surface area (Å²) in [7, 11) is 0. The Balaban J connectivity index is 1.66. The van der Waals surface area contributed by atoms with Crippen LogP contribution in [0.3, 0.4) is 0 Å². The lowest BCUT2D eigenvalue weighted by molar-refractivity contribution is 1.14. The normalized spacial score (nSPS) is 13.5. The first-order chi connectivity index (χ1) is 10.8. The minimum atomic E-state index is -0.123. The number of nitrogens with one attached hydrogen (secondary N) is 1. The number of allylic oxidation sites excluding steroid dienone is 1. The predicted octanol–water partition coefficient (Wildman–Crippen LogP) is 3.27. The first kappa shape index (κ1) is 12.7. The van der Waals surface area contributed by atoms with E-state index in [-0.39, 0.29) is 5.56 Å². The largest absolute Gasteiger partial charge is 0.306 e. The summed E-state index contributed by atoms with van der Waals surface area (Å²) in [5, 5.41) is 0.602. The quantitative estimate of drug-likeness (QED) is 0.786. The van der Waals surface area contributed by atoms with Gasteiger partial charge in [0.05, 0.1) is 16.6 Å². The number of H-pyrrole nitrogens is 1. The van der Waals surface area contributed by atoms with Gasteiger partial charge in [0, 0.05) is 12.1 Å². The molecule has 0 unspecified atom stereocenters. The Morgan fingerprint density at radius 2 is 1.82 bits per heavy atom. The van der Waals surface area contributed by atoms with E-state index in [2.05, 4.69) is 21.0 Å². The van der Waals surface area contributed by atoms with Crippen LogP contribution in [0.25, 0.3) is 17.0 Å². The Morgan fingerprint density at radius 1 is 1.00 bits per heavy atom. The van der Waals surface area contributed by atoms with Crippen LogP contribution in [0.4, 0.5) is 5.69 Å². The molecule has 0 radical (unpaired) electrons. The lowest BCUT2D eigenvalue weighted by atomic mass is 10.1. The van der Waals surface area contributed by atoms with Crippen LogP contribution < -0.4 is 5.56 Å². The Morgan fingerprint density at radius 3 is 2.73 bits per heavy atom. The van der Waals surface area contributed by atoms with E-state index in [1.165, 1.54) is 5.56 Å². The van der Waals surface area contributed by atoms with Crippen LogP contribution in [0.15, 0.2) is 64.4 Å². The summed E-state index contributed by atoms with van der Waals surface area (Å²) in [5.41, 5.74) is 3.78. The molecule has 0 aliphatic carbocycles. The fourth-order valence-corrected chi connectivity index (χ4v) is 2.61. The Hall–Kier alpha value is -3.01. The molecule has 2 heterocycles. The van der Waals surface area contributed by atoms with Gasteiger partial charge in [0.1, 0.15) is 5.82 Å². The van der Waals surface area contributed by atoms with Gasteiger partial charge in [-0.05, 0) is 35.9 Å². The van der Waals surface area contributed by atoms with Crippen LogP contribution in [-0.4, -0.2) is 15.7 Å². The standard InChI is InChI=1S/C18H13N3O/c22-18-14-6-2-4-8-16(14)20-17(21-18)10-9-13-11-12-5-1-3-7-15(12)19-13/h1-10H,11H2,(H,20,21,22). The minimum Gasteiger partial charge on any atom is -0.306 e. The molecule has 4 rings (SSSR count). The molecule has 0 amide bonds. The van der Waals surface area contributed by atoms with E-state index in [0.29, 0.717) is 16.7 Å². The number of fused-ring (bicyclic) bond motifs is 2. The number of hydrogen-bond donors (Lipinski definition) is 1. The van der Waals surface area contributed by atoms with Crippen LogP contribution in [-0.2, 0) is 6.42 Å². The van der Waals surface area contributed by atoms with Gasteiger partial charge in [0.25, 0.3) is 5.56 Å². The highest BCUT2D eigenvalue weighted by Crippen LogP contribution is 2.26. The third-order valence-electron chi connectivity index (χ3n) is 3.69. The Bertz CT molecular complexity index is 983. The number of nitrogens with zero attached hydrogens (tertiary/aromatic N) is 2. The monoisotopic (exact) mass is 287 g/mol. The molecule has 0 atom stereocenters. The zero-order chi connectivity index (χ0) is 14.9. The average molecular weight is 287 g/mol. The molecule has 1 aliphatic heterocycles. The van der Waals surface area contributed by atoms with E-state index in [1.54, 1.807) is 12.1 Å². The number of aromatic amines is 1. The van der Waals surface area contributed by atoms with Crippen molar-refractivity contribution in [2.24, 2.45) is 4.99 Å². The van der Waals surface area contributed by atoms with Crippen molar-refractivity contribution in [3.8, 4) is 0 Å². The molecule has 0 bridgehead atoms. The lowest BCUT2D eigenvalue weighted by Gasteiger charge is -1.98. The summed E-state index contributed by atoms with van der Waals surface area (Å²) in [6.45, 7) is 0. The molecule has 3 aromatic rings. The van der Waals surface area contributed by atoms with E-state index >= 15 is 0 Å². The highest BCUT2D eigenvalue weighted by Gasteiger charge is 2.11. The Kier molecular flexibility index (Phi) is 2.93. The van der Waals surface area contributed by atoms with Gasteiger partial charge >= 0.3 is 0 Å². The van der Waals surface area contributed by atoms with Gasteiger partial charge < -0.3 is 4.98 Å². The van der Waals surface area contributed by atoms with Gasteiger partial charge in [-0.15, -0.1) is 0 Å². The molecule has 0 fully saturated rings. The van der Waals surface area contributed by atoms with Crippen LogP contribution in [0.2, 0.25) is 0 Å². The number of rotatable bonds is 2. The number of aliphatic imine (C=N–C) groups is 1. The van der Waals surface area contributed by atoms with Crippen molar-refractivity contribution in [3.05, 3.63) is 76.3 Å². The van der Waals surface area contributed by atoms with Crippen molar-refractivity contribution in [2.75, 3.05) is 0 Å². The minimum absolute atomic E-state index is 0.123. The van der Waals surface area contributed by atoms with E-state index in [9.17, 15) is 4.79 Å². The summed E-state index contributed by atoms with van der Waals surface area (Å²) in [6.07, 6.45) is 4.52. The van der Waals surface area contributed by atoms with Gasteiger partial charge in [0.2, 0.25) is 0 Å². The van der Waals surface area contributed by atoms with Crippen molar-refractivity contribution in [1.82, 2.24) is 9.97 Å². The first-order valence-corrected chi connectivity index (χ1v) is 7.12. The van der Waals surface area contributed by atoms with Crippen LogP contribution in [0.1, 0.15) is 11.4 Å². The molecular formula is C18H13N3O. The molecule has 1 aliphatic rings. The summed E-state index contributed by atoms with van der Waals surface area (Å²) in [6, 6.07) is 15.4. The van der Waals surface area contributed by atoms with Crippen molar-refractivity contribution >= 4 is 28.4 Å². The highest BCUT2D eigenvalue weighted by molar-refractivity contribution is 6.04. The lowest BCUT2D eigenvalue weighted by Crippen LogP contribution is -2.09. The molecule has 4 nitrogen and oxygen atoms in total. The topological polar surface area (TPSA) is 58.1 Å². The summed E-state index contributed by atoms with van der Waals surface area (Å²) < 4.78 is 0. The molecule has 4 heteroatoms. The molecule has 1 aromatic heterocycles. The smallest absolute Gasteiger partial charge is 0.259 e. The molecule has 106 valence electrons. The SMILES string of the molecule is O=c1[nH]c(C=CC2=Nc3ccccc3C2)nc2ccccc12. The Labute approximate surface area is 126 Å². The number of aromatic nitrogens is 2. The maximum absolute atomic E-state index is 12.0. The number of para-hydroxylation sites is 2. The zero-order valence-electron chi connectivity index (χ0n) is 11.8. The third-order valence-corrected chi connectivity index (χ3v) is 3.69. The van der Waals surface area contributed by atoms with Crippen LogP contribution in [0.5, 0.6) is 0 Å². The summed E-state index contributed by atoms with van der Waals surface area (Å²) in [4.78, 5) is 23.8. The second-order valence-electron chi connectivity index (χ2n) is 5.21. The van der Waals surface area contributed by atoms with Crippen LogP contribution >= 0.6 is 0 Å². The summed E-state index contributed by atoms with van der Waals surface area (Å²) >= 11 is 0. The van der Waals surface area contributed by atoms with Gasteiger partial charge in [-0.25, -0.2) is 4.98 Å².